The Kier molecular flexibility index (Phi) is 7.09. The predicted octanol–water partition coefficient (Wildman–Crippen LogP) is 4.03. The van der Waals surface area contributed by atoms with Crippen molar-refractivity contribution in [3.05, 3.63) is 57.8 Å². The molecule has 0 spiro atoms. The summed E-state index contributed by atoms with van der Waals surface area (Å²) in [5, 5.41) is 14.3. The van der Waals surface area contributed by atoms with E-state index in [9.17, 15) is 19.7 Å². The molecule has 0 aliphatic carbocycles. The first-order valence-electron chi connectivity index (χ1n) is 11.9. The zero-order valence-electron chi connectivity index (χ0n) is 19.7. The van der Waals surface area contributed by atoms with E-state index in [1.165, 1.54) is 12.1 Å². The Morgan fingerprint density at radius 3 is 2.41 bits per heavy atom. The number of pyridine rings is 1. The molecule has 4 rings (SSSR count). The molecule has 0 unspecified atom stereocenters. The molecule has 0 bridgehead atoms. The Hall–Kier alpha value is -3.49. The minimum atomic E-state index is -0.464. The first-order chi connectivity index (χ1) is 16.3. The Labute approximate surface area is 199 Å². The highest BCUT2D eigenvalue weighted by molar-refractivity contribution is 6.01. The van der Waals surface area contributed by atoms with Crippen molar-refractivity contribution in [1.82, 2.24) is 9.88 Å². The number of rotatable bonds is 5. The number of non-ortho nitro benzene ring substituents is 1. The number of nitrogens with zero attached hydrogens (tertiary/aromatic N) is 4. The summed E-state index contributed by atoms with van der Waals surface area (Å²) >= 11 is 0. The smallest absolute Gasteiger partial charge is 0.270 e. The van der Waals surface area contributed by atoms with Crippen molar-refractivity contribution in [1.29, 1.82) is 0 Å². The van der Waals surface area contributed by atoms with Gasteiger partial charge in [0.15, 0.2) is 0 Å². The molecule has 0 radical (unpaired) electrons. The van der Waals surface area contributed by atoms with Crippen LogP contribution >= 0.6 is 0 Å². The molecule has 0 saturated carbocycles. The first-order valence-corrected chi connectivity index (χ1v) is 11.9. The Balaban J connectivity index is 1.45. The molecule has 2 aromatic rings. The van der Waals surface area contributed by atoms with E-state index in [0.717, 1.165) is 37.2 Å². The van der Waals surface area contributed by atoms with Gasteiger partial charge in [0, 0.05) is 50.4 Å². The lowest BCUT2D eigenvalue weighted by Gasteiger charge is -2.35. The predicted molar refractivity (Wildman–Crippen MR) is 130 cm³/mol. The van der Waals surface area contributed by atoms with Gasteiger partial charge in [-0.05, 0) is 62.3 Å². The molecule has 0 atom stereocenters. The fraction of sp³-hybridized carbons (Fsp3) is 0.480. The molecule has 9 nitrogen and oxygen atoms in total. The quantitative estimate of drug-likeness (QED) is 0.528. The van der Waals surface area contributed by atoms with Gasteiger partial charge in [0.25, 0.3) is 11.6 Å². The van der Waals surface area contributed by atoms with Crippen LogP contribution in [0.25, 0.3) is 0 Å². The monoisotopic (exact) mass is 465 g/mol. The van der Waals surface area contributed by atoms with Crippen molar-refractivity contribution in [3.8, 4) is 0 Å². The van der Waals surface area contributed by atoms with E-state index in [1.807, 2.05) is 19.1 Å². The number of aromatic nitrogens is 1. The molecule has 1 aromatic heterocycles. The van der Waals surface area contributed by atoms with E-state index in [1.54, 1.807) is 17.2 Å². The molecule has 1 N–H and O–H groups in total. The van der Waals surface area contributed by atoms with Crippen molar-refractivity contribution >= 4 is 29.0 Å². The first kappa shape index (κ1) is 23.7. The topological polar surface area (TPSA) is 109 Å². The summed E-state index contributed by atoms with van der Waals surface area (Å²) in [6.45, 7) is 6.67. The summed E-state index contributed by atoms with van der Waals surface area (Å²) < 4.78 is 0. The van der Waals surface area contributed by atoms with Gasteiger partial charge in [-0.1, -0.05) is 6.92 Å². The van der Waals surface area contributed by atoms with E-state index in [0.29, 0.717) is 43.2 Å². The number of nitrogens with one attached hydrogen (secondary N) is 1. The van der Waals surface area contributed by atoms with Crippen LogP contribution < -0.4 is 10.2 Å². The number of piperidine rings is 2. The van der Waals surface area contributed by atoms with Crippen molar-refractivity contribution in [3.63, 3.8) is 0 Å². The van der Waals surface area contributed by atoms with Crippen LogP contribution in [0.15, 0.2) is 36.5 Å². The van der Waals surface area contributed by atoms with Crippen LogP contribution in [-0.2, 0) is 4.79 Å². The highest BCUT2D eigenvalue weighted by atomic mass is 16.6. The van der Waals surface area contributed by atoms with Crippen LogP contribution in [0.3, 0.4) is 0 Å². The van der Waals surface area contributed by atoms with Gasteiger partial charge >= 0.3 is 0 Å². The van der Waals surface area contributed by atoms with E-state index in [2.05, 4.69) is 22.1 Å². The zero-order valence-corrected chi connectivity index (χ0v) is 19.7. The fourth-order valence-corrected chi connectivity index (χ4v) is 4.68. The zero-order chi connectivity index (χ0) is 24.2. The highest BCUT2D eigenvalue weighted by Gasteiger charge is 2.31. The van der Waals surface area contributed by atoms with E-state index < -0.39 is 4.92 Å². The molecule has 1 aromatic carbocycles. The standard InChI is InChI=1S/C25H31N5O4/c1-17-6-11-28(12-7-17)22-4-3-20(30(33)34)16-21(22)25(32)29-13-8-19(9-14-29)24(31)27-23-15-18(2)5-10-26-23/h3-5,10,15-17,19H,6-9,11-14H2,1-2H3,(H,26,27,31). The average molecular weight is 466 g/mol. The number of carbonyl (C=O) groups is 2. The molecule has 34 heavy (non-hydrogen) atoms. The molecule has 2 fully saturated rings. The van der Waals surface area contributed by atoms with E-state index >= 15 is 0 Å². The molecular weight excluding hydrogens is 434 g/mol. The lowest BCUT2D eigenvalue weighted by molar-refractivity contribution is -0.384. The average Bonchev–Trinajstić information content (AvgIpc) is 2.84. The number of aryl methyl sites for hydroxylation is 1. The maximum atomic E-state index is 13.5. The largest absolute Gasteiger partial charge is 0.371 e. The summed E-state index contributed by atoms with van der Waals surface area (Å²) in [4.78, 5) is 45.1. The van der Waals surface area contributed by atoms with Gasteiger partial charge in [0.05, 0.1) is 16.2 Å². The lowest BCUT2D eigenvalue weighted by Crippen LogP contribution is -2.42. The summed E-state index contributed by atoms with van der Waals surface area (Å²) in [7, 11) is 0. The van der Waals surface area contributed by atoms with Crippen molar-refractivity contribution in [2.24, 2.45) is 11.8 Å². The summed E-state index contributed by atoms with van der Waals surface area (Å²) in [6, 6.07) is 8.27. The number of carbonyl (C=O) groups excluding carboxylic acids is 2. The highest BCUT2D eigenvalue weighted by Crippen LogP contribution is 2.31. The van der Waals surface area contributed by atoms with Crippen LogP contribution in [0.1, 0.15) is 48.5 Å². The SMILES string of the molecule is Cc1ccnc(NC(=O)C2CCN(C(=O)c3cc([N+](=O)[O-])ccc3N3CCC(C)CC3)CC2)c1. The molecular formula is C25H31N5O4. The Morgan fingerprint density at radius 1 is 1.06 bits per heavy atom. The molecule has 180 valence electrons. The normalized spacial score (nSPS) is 17.5. The second-order valence-electron chi connectivity index (χ2n) is 9.40. The van der Waals surface area contributed by atoms with Crippen LogP contribution in [-0.4, -0.2) is 52.8 Å². The Bertz CT molecular complexity index is 1070. The van der Waals surface area contributed by atoms with Crippen LogP contribution in [0, 0.1) is 28.9 Å². The number of anilines is 2. The third kappa shape index (κ3) is 5.35. The molecule has 2 amide bonds. The molecule has 2 saturated heterocycles. The third-order valence-electron chi connectivity index (χ3n) is 6.87. The minimum Gasteiger partial charge on any atom is -0.371 e. The van der Waals surface area contributed by atoms with Gasteiger partial charge in [-0.15, -0.1) is 0 Å². The molecule has 2 aliphatic heterocycles. The maximum absolute atomic E-state index is 13.5. The van der Waals surface area contributed by atoms with E-state index in [4.69, 9.17) is 0 Å². The summed E-state index contributed by atoms with van der Waals surface area (Å²) in [5.74, 6) is 0.647. The maximum Gasteiger partial charge on any atom is 0.270 e. The number of benzene rings is 1. The van der Waals surface area contributed by atoms with Gasteiger partial charge in [-0.2, -0.15) is 0 Å². The van der Waals surface area contributed by atoms with Gasteiger partial charge in [-0.25, -0.2) is 4.98 Å². The number of nitro groups is 1. The van der Waals surface area contributed by atoms with Crippen LogP contribution in [0.5, 0.6) is 0 Å². The van der Waals surface area contributed by atoms with Crippen molar-refractivity contribution < 1.29 is 14.5 Å². The number of nitro benzene ring substituents is 1. The van der Waals surface area contributed by atoms with Crippen molar-refractivity contribution in [2.45, 2.75) is 39.5 Å². The number of amides is 2. The fourth-order valence-electron chi connectivity index (χ4n) is 4.68. The number of hydrogen-bond acceptors (Lipinski definition) is 6. The van der Waals surface area contributed by atoms with Gasteiger partial charge in [0.1, 0.15) is 5.82 Å². The Morgan fingerprint density at radius 2 is 1.76 bits per heavy atom. The third-order valence-corrected chi connectivity index (χ3v) is 6.87. The lowest BCUT2D eigenvalue weighted by atomic mass is 9.94. The van der Waals surface area contributed by atoms with Gasteiger partial charge < -0.3 is 15.1 Å². The van der Waals surface area contributed by atoms with Crippen molar-refractivity contribution in [2.75, 3.05) is 36.4 Å². The minimum absolute atomic E-state index is 0.0857. The molecule has 2 aliphatic rings. The summed E-state index contributed by atoms with van der Waals surface area (Å²) in [5.41, 5.74) is 2.06. The van der Waals surface area contributed by atoms with Gasteiger partial charge in [-0.3, -0.25) is 19.7 Å². The number of likely N-dealkylation sites (tertiary alicyclic amines) is 1. The second-order valence-corrected chi connectivity index (χ2v) is 9.40. The van der Waals surface area contributed by atoms with Crippen LogP contribution in [0.2, 0.25) is 0 Å². The number of hydrogen-bond donors (Lipinski definition) is 1. The molecule has 3 heterocycles. The van der Waals surface area contributed by atoms with Gasteiger partial charge in [0.2, 0.25) is 5.91 Å². The van der Waals surface area contributed by atoms with Crippen LogP contribution in [0.4, 0.5) is 17.2 Å². The molecule has 9 heteroatoms. The summed E-state index contributed by atoms with van der Waals surface area (Å²) in [6.07, 6.45) is 4.79. The van der Waals surface area contributed by atoms with E-state index in [-0.39, 0.29) is 23.4 Å². The second kappa shape index (κ2) is 10.2.